The van der Waals surface area contributed by atoms with Crippen LogP contribution < -0.4 is 9.64 Å². The van der Waals surface area contributed by atoms with Crippen LogP contribution in [0.15, 0.2) is 24.3 Å². The van der Waals surface area contributed by atoms with E-state index in [2.05, 4.69) is 4.74 Å². The molecule has 0 bridgehead atoms. The molecule has 7 heteroatoms. The van der Waals surface area contributed by atoms with E-state index in [9.17, 15) is 14.4 Å². The van der Waals surface area contributed by atoms with Crippen LogP contribution >= 0.6 is 0 Å². The Balaban J connectivity index is 2.11. The molecule has 1 fully saturated rings. The molecule has 0 aliphatic carbocycles. The van der Waals surface area contributed by atoms with Crippen molar-refractivity contribution in [2.75, 3.05) is 32.2 Å². The highest BCUT2D eigenvalue weighted by atomic mass is 16.5. The first kappa shape index (κ1) is 18.8. The first-order chi connectivity index (χ1) is 11.9. The lowest BCUT2D eigenvalue weighted by molar-refractivity contribution is -0.149. The average Bonchev–Trinajstić information content (AvgIpc) is 3.00. The summed E-state index contributed by atoms with van der Waals surface area (Å²) >= 11 is 0. The maximum Gasteiger partial charge on any atom is 0.325 e. The molecule has 2 amide bonds. The van der Waals surface area contributed by atoms with E-state index in [0.717, 1.165) is 5.69 Å². The number of esters is 1. The molecule has 0 unspecified atom stereocenters. The predicted molar refractivity (Wildman–Crippen MR) is 92.3 cm³/mol. The first-order valence-electron chi connectivity index (χ1n) is 8.19. The van der Waals surface area contributed by atoms with Gasteiger partial charge in [0.25, 0.3) is 0 Å². The summed E-state index contributed by atoms with van der Waals surface area (Å²) in [6, 6.07) is 6.97. The molecule has 0 spiro atoms. The summed E-state index contributed by atoms with van der Waals surface area (Å²) in [4.78, 5) is 39.7. The van der Waals surface area contributed by atoms with Crippen LogP contribution in [0.1, 0.15) is 20.3 Å². The van der Waals surface area contributed by atoms with Crippen molar-refractivity contribution in [1.29, 1.82) is 0 Å². The van der Waals surface area contributed by atoms with Crippen LogP contribution in [-0.2, 0) is 19.1 Å². The summed E-state index contributed by atoms with van der Waals surface area (Å²) in [5, 5.41) is 0. The van der Waals surface area contributed by atoms with Gasteiger partial charge in [0.2, 0.25) is 11.8 Å². The van der Waals surface area contributed by atoms with Crippen molar-refractivity contribution in [3.8, 4) is 5.75 Å². The number of amides is 2. The van der Waals surface area contributed by atoms with Gasteiger partial charge in [-0.15, -0.1) is 0 Å². The fourth-order valence-corrected chi connectivity index (χ4v) is 2.84. The van der Waals surface area contributed by atoms with Gasteiger partial charge in [-0.2, -0.15) is 0 Å². The van der Waals surface area contributed by atoms with Gasteiger partial charge in [-0.05, 0) is 38.1 Å². The van der Waals surface area contributed by atoms with E-state index in [1.165, 1.54) is 12.0 Å². The van der Waals surface area contributed by atoms with E-state index >= 15 is 0 Å². The molecule has 0 saturated carbocycles. The van der Waals surface area contributed by atoms with Gasteiger partial charge in [0.15, 0.2) is 0 Å². The second kappa shape index (κ2) is 8.00. The van der Waals surface area contributed by atoms with E-state index in [4.69, 9.17) is 4.74 Å². The number of nitrogens with zero attached hydrogens (tertiary/aromatic N) is 2. The zero-order valence-corrected chi connectivity index (χ0v) is 15.0. The molecule has 1 aromatic rings. The Morgan fingerprint density at radius 1 is 1.24 bits per heavy atom. The van der Waals surface area contributed by atoms with Gasteiger partial charge in [-0.1, -0.05) is 0 Å². The third kappa shape index (κ3) is 4.29. The fourth-order valence-electron chi connectivity index (χ4n) is 2.84. The first-order valence-corrected chi connectivity index (χ1v) is 8.19. The molecule has 1 aliphatic heterocycles. The quantitative estimate of drug-likeness (QED) is 0.728. The van der Waals surface area contributed by atoms with Crippen LogP contribution in [0.25, 0.3) is 0 Å². The van der Waals surface area contributed by atoms with E-state index in [1.807, 2.05) is 13.8 Å². The number of methoxy groups -OCH3 is 2. The summed E-state index contributed by atoms with van der Waals surface area (Å²) in [6.07, 6.45) is 0.134. The zero-order chi connectivity index (χ0) is 18.6. The van der Waals surface area contributed by atoms with Gasteiger partial charge >= 0.3 is 5.97 Å². The molecule has 1 atom stereocenters. The molecule has 0 aromatic heterocycles. The van der Waals surface area contributed by atoms with E-state index in [1.54, 1.807) is 36.3 Å². The Hall–Kier alpha value is -2.57. The molecular formula is C18H24N2O5. The Bertz CT molecular complexity index is 641. The van der Waals surface area contributed by atoms with Crippen LogP contribution in [0.2, 0.25) is 0 Å². The van der Waals surface area contributed by atoms with Crippen molar-refractivity contribution in [2.45, 2.75) is 26.3 Å². The molecule has 2 rings (SSSR count). The van der Waals surface area contributed by atoms with Crippen molar-refractivity contribution in [1.82, 2.24) is 4.90 Å². The molecule has 1 heterocycles. The number of carbonyl (C=O) groups excluding carboxylic acids is 3. The molecule has 0 radical (unpaired) electrons. The van der Waals surface area contributed by atoms with Gasteiger partial charge in [0.1, 0.15) is 12.3 Å². The minimum atomic E-state index is -0.474. The molecule has 1 saturated heterocycles. The third-order valence-electron chi connectivity index (χ3n) is 4.29. The number of ether oxygens (including phenoxy) is 2. The topological polar surface area (TPSA) is 76.2 Å². The second-order valence-corrected chi connectivity index (χ2v) is 6.24. The lowest BCUT2D eigenvalue weighted by Crippen LogP contribution is -2.44. The SMILES string of the molecule is COC(=O)CN(C(=O)[C@@H]1CC(=O)N(c2ccc(OC)cc2)C1)C(C)C. The summed E-state index contributed by atoms with van der Waals surface area (Å²) in [7, 11) is 2.86. The fraction of sp³-hybridized carbons (Fsp3) is 0.500. The maximum atomic E-state index is 12.8. The van der Waals surface area contributed by atoms with E-state index in [0.29, 0.717) is 12.3 Å². The van der Waals surface area contributed by atoms with E-state index < -0.39 is 11.9 Å². The van der Waals surface area contributed by atoms with Crippen molar-refractivity contribution >= 4 is 23.5 Å². The van der Waals surface area contributed by atoms with Crippen molar-refractivity contribution in [3.05, 3.63) is 24.3 Å². The van der Waals surface area contributed by atoms with Gasteiger partial charge in [0.05, 0.1) is 20.1 Å². The normalized spacial score (nSPS) is 16.9. The Kier molecular flexibility index (Phi) is 6.01. The molecule has 1 aliphatic rings. The molecule has 7 nitrogen and oxygen atoms in total. The number of anilines is 1. The number of benzene rings is 1. The van der Waals surface area contributed by atoms with Gasteiger partial charge in [-0.25, -0.2) is 0 Å². The number of hydrogen-bond donors (Lipinski definition) is 0. The minimum absolute atomic E-state index is 0.106. The van der Waals surface area contributed by atoms with Crippen LogP contribution in [0.5, 0.6) is 5.75 Å². The third-order valence-corrected chi connectivity index (χ3v) is 4.29. The molecule has 136 valence electrons. The van der Waals surface area contributed by atoms with Crippen molar-refractivity contribution in [3.63, 3.8) is 0 Å². The lowest BCUT2D eigenvalue weighted by atomic mass is 10.1. The number of carbonyl (C=O) groups is 3. The largest absolute Gasteiger partial charge is 0.497 e. The summed E-state index contributed by atoms with van der Waals surface area (Å²) < 4.78 is 9.77. The number of rotatable bonds is 6. The number of hydrogen-bond acceptors (Lipinski definition) is 5. The summed E-state index contributed by atoms with van der Waals surface area (Å²) in [5.41, 5.74) is 0.727. The minimum Gasteiger partial charge on any atom is -0.497 e. The van der Waals surface area contributed by atoms with Crippen LogP contribution in [-0.4, -0.2) is 56.0 Å². The van der Waals surface area contributed by atoms with Crippen molar-refractivity contribution in [2.24, 2.45) is 5.92 Å². The van der Waals surface area contributed by atoms with Crippen LogP contribution in [0, 0.1) is 5.92 Å². The van der Waals surface area contributed by atoms with Crippen molar-refractivity contribution < 1.29 is 23.9 Å². The molecule has 0 N–H and O–H groups in total. The Labute approximate surface area is 147 Å². The monoisotopic (exact) mass is 348 g/mol. The van der Waals surface area contributed by atoms with Gasteiger partial charge in [0, 0.05) is 24.7 Å². The standard InChI is InChI=1S/C18H24N2O5/c1-12(2)19(11-17(22)25-4)18(23)13-9-16(21)20(10-13)14-5-7-15(24-3)8-6-14/h5-8,12-13H,9-11H2,1-4H3/t13-/m1/s1. The van der Waals surface area contributed by atoms with Gasteiger partial charge < -0.3 is 19.3 Å². The highest BCUT2D eigenvalue weighted by molar-refractivity contribution is 6.00. The van der Waals surface area contributed by atoms with E-state index in [-0.39, 0.29) is 30.8 Å². The Morgan fingerprint density at radius 3 is 2.40 bits per heavy atom. The Morgan fingerprint density at radius 2 is 1.88 bits per heavy atom. The van der Waals surface area contributed by atoms with Gasteiger partial charge in [-0.3, -0.25) is 14.4 Å². The van der Waals surface area contributed by atoms with Crippen LogP contribution in [0.4, 0.5) is 5.69 Å². The smallest absolute Gasteiger partial charge is 0.325 e. The molecule has 25 heavy (non-hydrogen) atoms. The molecular weight excluding hydrogens is 324 g/mol. The maximum absolute atomic E-state index is 12.8. The molecule has 1 aromatic carbocycles. The highest BCUT2D eigenvalue weighted by Gasteiger charge is 2.38. The second-order valence-electron chi connectivity index (χ2n) is 6.24. The summed E-state index contributed by atoms with van der Waals surface area (Å²) in [5.74, 6) is -0.554. The summed E-state index contributed by atoms with van der Waals surface area (Å²) in [6.45, 7) is 3.85. The van der Waals surface area contributed by atoms with Crippen LogP contribution in [0.3, 0.4) is 0 Å². The lowest BCUT2D eigenvalue weighted by Gasteiger charge is -2.28. The highest BCUT2D eigenvalue weighted by Crippen LogP contribution is 2.28. The average molecular weight is 348 g/mol. The predicted octanol–water partition coefficient (Wildman–Crippen LogP) is 1.46. The zero-order valence-electron chi connectivity index (χ0n) is 15.0.